The van der Waals surface area contributed by atoms with E-state index >= 15 is 0 Å². The van der Waals surface area contributed by atoms with E-state index in [0.29, 0.717) is 28.8 Å². The van der Waals surface area contributed by atoms with Crippen molar-refractivity contribution in [2.75, 3.05) is 0 Å². The maximum absolute atomic E-state index is 5.48. The molecule has 6 heteroatoms. The summed E-state index contributed by atoms with van der Waals surface area (Å²) < 4.78 is 11.4. The first-order valence-corrected chi connectivity index (χ1v) is 6.06. The van der Waals surface area contributed by atoms with E-state index in [1.165, 1.54) is 0 Å². The normalized spacial score (nSPS) is 12.0. The van der Waals surface area contributed by atoms with E-state index in [1.807, 2.05) is 0 Å². The van der Waals surface area contributed by atoms with Crippen LogP contribution in [0.25, 0.3) is 11.7 Å². The number of nitrogens with zero attached hydrogens (tertiary/aromatic N) is 2. The summed E-state index contributed by atoms with van der Waals surface area (Å²) in [5.74, 6) is 1.50. The lowest BCUT2D eigenvalue weighted by atomic mass is 10.1. The van der Waals surface area contributed by atoms with Crippen molar-refractivity contribution in [3.63, 3.8) is 0 Å². The van der Waals surface area contributed by atoms with Crippen LogP contribution >= 0.6 is 15.9 Å². The smallest absolute Gasteiger partial charge is 0.283 e. The Morgan fingerprint density at radius 3 is 2.59 bits per heavy atom. The van der Waals surface area contributed by atoms with Crippen LogP contribution in [0.5, 0.6) is 0 Å². The van der Waals surface area contributed by atoms with E-state index in [1.54, 1.807) is 12.1 Å². The first-order valence-electron chi connectivity index (χ1n) is 5.27. The predicted molar refractivity (Wildman–Crippen MR) is 66.3 cm³/mol. The lowest BCUT2D eigenvalue weighted by molar-refractivity contribution is 0.381. The minimum Gasteiger partial charge on any atom is -0.444 e. The molecule has 0 amide bonds. The molecule has 0 aliphatic heterocycles. The molecule has 0 fully saturated rings. The molecule has 0 saturated carbocycles. The Bertz CT molecular complexity index is 499. The topological polar surface area (TPSA) is 64.1 Å². The van der Waals surface area contributed by atoms with Crippen LogP contribution in [-0.4, -0.2) is 15.7 Å². The monoisotopic (exact) mass is 299 g/mol. The maximum Gasteiger partial charge on any atom is 0.283 e. The highest BCUT2D eigenvalue weighted by Crippen LogP contribution is 2.23. The van der Waals surface area contributed by atoms with Crippen LogP contribution in [0, 0.1) is 0 Å². The first kappa shape index (κ1) is 12.3. The van der Waals surface area contributed by atoms with Gasteiger partial charge in [0.15, 0.2) is 10.4 Å². The molecule has 0 aromatic carbocycles. The number of aromatic nitrogens is 2. The Morgan fingerprint density at radius 1 is 1.24 bits per heavy atom. The predicted octanol–water partition coefficient (Wildman–Crippen LogP) is 2.98. The molecule has 0 saturated heterocycles. The van der Waals surface area contributed by atoms with Crippen LogP contribution in [0.1, 0.15) is 26.7 Å². The molecule has 5 nitrogen and oxygen atoms in total. The summed E-state index contributed by atoms with van der Waals surface area (Å²) in [7, 11) is 0. The van der Waals surface area contributed by atoms with Gasteiger partial charge in [0.2, 0.25) is 5.89 Å². The molecule has 0 unspecified atom stereocenters. The number of furan rings is 1. The number of hydrogen-bond donors (Lipinski definition) is 1. The van der Waals surface area contributed by atoms with Gasteiger partial charge in [-0.1, -0.05) is 0 Å². The Hall–Kier alpha value is -1.14. The van der Waals surface area contributed by atoms with Crippen molar-refractivity contribution in [3.8, 4) is 11.7 Å². The third-order valence-electron chi connectivity index (χ3n) is 2.02. The van der Waals surface area contributed by atoms with Crippen LogP contribution in [-0.2, 0) is 6.54 Å². The van der Waals surface area contributed by atoms with Gasteiger partial charge >= 0.3 is 0 Å². The zero-order valence-corrected chi connectivity index (χ0v) is 11.5. The summed E-state index contributed by atoms with van der Waals surface area (Å²) >= 11 is 3.22. The maximum atomic E-state index is 5.48. The zero-order chi connectivity index (χ0) is 12.5. The summed E-state index contributed by atoms with van der Waals surface area (Å²) in [6.45, 7) is 6.77. The van der Waals surface area contributed by atoms with Crippen molar-refractivity contribution in [1.82, 2.24) is 15.5 Å². The summed E-state index contributed by atoms with van der Waals surface area (Å²) in [5.41, 5.74) is 0.0162. The van der Waals surface area contributed by atoms with Crippen molar-refractivity contribution >= 4 is 15.9 Å². The summed E-state index contributed by atoms with van der Waals surface area (Å²) in [6.07, 6.45) is 0. The quantitative estimate of drug-likeness (QED) is 0.944. The Labute approximate surface area is 108 Å². The second-order valence-corrected chi connectivity index (χ2v) is 5.49. The van der Waals surface area contributed by atoms with Gasteiger partial charge in [-0.2, -0.15) is 0 Å². The van der Waals surface area contributed by atoms with E-state index in [0.717, 1.165) is 0 Å². The fourth-order valence-electron chi connectivity index (χ4n) is 1.19. The SMILES string of the molecule is CC(C)(C)NCc1nnc(-c2ccc(Br)o2)o1. The largest absolute Gasteiger partial charge is 0.444 e. The fourth-order valence-corrected chi connectivity index (χ4v) is 1.50. The van der Waals surface area contributed by atoms with Gasteiger partial charge in [-0.15, -0.1) is 10.2 Å². The minimum atomic E-state index is 0.0162. The van der Waals surface area contributed by atoms with Crippen molar-refractivity contribution in [2.45, 2.75) is 32.9 Å². The van der Waals surface area contributed by atoms with Gasteiger partial charge in [0.05, 0.1) is 6.54 Å². The molecule has 2 aromatic rings. The highest BCUT2D eigenvalue weighted by atomic mass is 79.9. The molecule has 2 heterocycles. The van der Waals surface area contributed by atoms with Crippen molar-refractivity contribution in [1.29, 1.82) is 0 Å². The van der Waals surface area contributed by atoms with Crippen LogP contribution in [0.15, 0.2) is 25.6 Å². The molecule has 17 heavy (non-hydrogen) atoms. The molecular weight excluding hydrogens is 286 g/mol. The van der Waals surface area contributed by atoms with E-state index in [9.17, 15) is 0 Å². The van der Waals surface area contributed by atoms with Gasteiger partial charge < -0.3 is 14.2 Å². The molecule has 0 spiro atoms. The molecule has 0 bridgehead atoms. The molecule has 0 aliphatic carbocycles. The van der Waals surface area contributed by atoms with Gasteiger partial charge in [0, 0.05) is 5.54 Å². The van der Waals surface area contributed by atoms with Crippen molar-refractivity contribution < 1.29 is 8.83 Å². The van der Waals surface area contributed by atoms with Gasteiger partial charge in [-0.3, -0.25) is 0 Å². The molecule has 92 valence electrons. The number of hydrogen-bond acceptors (Lipinski definition) is 5. The number of rotatable bonds is 3. The number of halogens is 1. The van der Waals surface area contributed by atoms with E-state index in [-0.39, 0.29) is 5.54 Å². The van der Waals surface area contributed by atoms with Crippen LogP contribution in [0.4, 0.5) is 0 Å². The van der Waals surface area contributed by atoms with E-state index in [2.05, 4.69) is 52.2 Å². The molecule has 0 radical (unpaired) electrons. The molecule has 2 rings (SSSR count). The lowest BCUT2D eigenvalue weighted by Gasteiger charge is -2.18. The first-order chi connectivity index (χ1) is 7.94. The van der Waals surface area contributed by atoms with Gasteiger partial charge in [0.1, 0.15) is 0 Å². The Balaban J connectivity index is 2.06. The minimum absolute atomic E-state index is 0.0162. The van der Waals surface area contributed by atoms with Gasteiger partial charge in [-0.25, -0.2) is 0 Å². The highest BCUT2D eigenvalue weighted by Gasteiger charge is 2.14. The summed E-state index contributed by atoms with van der Waals surface area (Å²) in [5, 5.41) is 11.2. The average Bonchev–Trinajstić information content (AvgIpc) is 2.81. The average molecular weight is 300 g/mol. The van der Waals surface area contributed by atoms with E-state index < -0.39 is 0 Å². The van der Waals surface area contributed by atoms with Crippen molar-refractivity contribution in [3.05, 3.63) is 22.7 Å². The molecular formula is C11H14BrN3O2. The van der Waals surface area contributed by atoms with Gasteiger partial charge in [-0.05, 0) is 48.8 Å². The second kappa shape index (κ2) is 4.62. The van der Waals surface area contributed by atoms with Crippen LogP contribution in [0.3, 0.4) is 0 Å². The van der Waals surface area contributed by atoms with E-state index in [4.69, 9.17) is 8.83 Å². The number of nitrogens with one attached hydrogen (secondary N) is 1. The fraction of sp³-hybridized carbons (Fsp3) is 0.455. The van der Waals surface area contributed by atoms with Crippen LogP contribution < -0.4 is 5.32 Å². The molecule has 0 aliphatic rings. The third kappa shape index (κ3) is 3.41. The Morgan fingerprint density at radius 2 is 2.00 bits per heavy atom. The molecule has 1 N–H and O–H groups in total. The molecule has 2 aromatic heterocycles. The Kier molecular flexibility index (Phi) is 3.35. The highest BCUT2D eigenvalue weighted by molar-refractivity contribution is 9.10. The van der Waals surface area contributed by atoms with Crippen molar-refractivity contribution in [2.24, 2.45) is 0 Å². The third-order valence-corrected chi connectivity index (χ3v) is 2.45. The lowest BCUT2D eigenvalue weighted by Crippen LogP contribution is -2.35. The summed E-state index contributed by atoms with van der Waals surface area (Å²) in [4.78, 5) is 0. The standard InChI is InChI=1S/C11H14BrN3O2/c1-11(2,3)13-6-9-14-15-10(17-9)7-4-5-8(12)16-7/h4-5,13H,6H2,1-3H3. The van der Waals surface area contributed by atoms with Crippen LogP contribution in [0.2, 0.25) is 0 Å². The zero-order valence-electron chi connectivity index (χ0n) is 9.95. The van der Waals surface area contributed by atoms with Gasteiger partial charge in [0.25, 0.3) is 5.89 Å². The molecule has 0 atom stereocenters. The summed E-state index contributed by atoms with van der Waals surface area (Å²) in [6, 6.07) is 3.56. The second-order valence-electron chi connectivity index (χ2n) is 4.71.